The molecule has 0 rings (SSSR count). The second-order valence-electron chi connectivity index (χ2n) is 21.6. The Morgan fingerprint density at radius 2 is 0.506 bits per heavy atom. The van der Waals surface area contributed by atoms with Gasteiger partial charge in [-0.15, -0.1) is 0 Å². The third-order valence-electron chi connectivity index (χ3n) is 14.0. The van der Waals surface area contributed by atoms with Crippen LogP contribution < -0.4 is 0 Å². The number of hydrogen-bond acceptors (Lipinski definition) is 6. The maximum atomic E-state index is 12.9. The average Bonchev–Trinajstić information content (AvgIpc) is 3.43. The van der Waals surface area contributed by atoms with E-state index in [0.717, 1.165) is 109 Å². The Morgan fingerprint density at radius 3 is 0.831 bits per heavy atom. The molecule has 0 radical (unpaired) electrons. The average molecular weight is 1070 g/mol. The molecule has 0 saturated carbocycles. The minimum Gasteiger partial charge on any atom is -0.462 e. The Morgan fingerprint density at radius 1 is 0.273 bits per heavy atom. The van der Waals surface area contributed by atoms with Gasteiger partial charge in [-0.25, -0.2) is 0 Å². The largest absolute Gasteiger partial charge is 0.462 e. The van der Waals surface area contributed by atoms with Crippen LogP contribution in [0.25, 0.3) is 0 Å². The van der Waals surface area contributed by atoms with Crippen LogP contribution in [-0.2, 0) is 28.6 Å². The van der Waals surface area contributed by atoms with E-state index in [1.54, 1.807) is 0 Å². The molecular weight excluding hydrogens is 949 g/mol. The summed E-state index contributed by atoms with van der Waals surface area (Å²) in [5.74, 6) is -0.925. The van der Waals surface area contributed by atoms with Crippen molar-refractivity contribution in [2.75, 3.05) is 13.2 Å². The summed E-state index contributed by atoms with van der Waals surface area (Å²) in [4.78, 5) is 38.3. The number of unbranched alkanes of at least 4 members (excludes halogenated alkanes) is 32. The van der Waals surface area contributed by atoms with Crippen molar-refractivity contribution in [2.24, 2.45) is 0 Å². The van der Waals surface area contributed by atoms with Crippen LogP contribution in [0.3, 0.4) is 0 Å². The van der Waals surface area contributed by atoms with Gasteiger partial charge in [0.1, 0.15) is 13.2 Å². The van der Waals surface area contributed by atoms with Crippen molar-refractivity contribution < 1.29 is 28.6 Å². The predicted octanol–water partition coefficient (Wildman–Crippen LogP) is 22.4. The van der Waals surface area contributed by atoms with Crippen LogP contribution in [0.5, 0.6) is 0 Å². The van der Waals surface area contributed by atoms with Gasteiger partial charge in [-0.1, -0.05) is 272 Å². The Labute approximate surface area is 477 Å². The molecule has 0 saturated heterocycles. The molecule has 0 aromatic heterocycles. The van der Waals surface area contributed by atoms with E-state index in [9.17, 15) is 14.4 Å². The van der Waals surface area contributed by atoms with E-state index in [4.69, 9.17) is 14.2 Å². The van der Waals surface area contributed by atoms with Crippen LogP contribution in [0.1, 0.15) is 316 Å². The van der Waals surface area contributed by atoms with Gasteiger partial charge in [0.25, 0.3) is 0 Å². The molecular formula is C71H122O6. The minimum absolute atomic E-state index is 0.0925. The highest BCUT2D eigenvalue weighted by atomic mass is 16.6. The van der Waals surface area contributed by atoms with E-state index in [1.165, 1.54) is 167 Å². The number of rotatable bonds is 59. The molecule has 6 heteroatoms. The van der Waals surface area contributed by atoms with Gasteiger partial charge in [0.05, 0.1) is 0 Å². The number of carbonyl (C=O) groups is 3. The van der Waals surface area contributed by atoms with Gasteiger partial charge in [0.2, 0.25) is 0 Å². The maximum Gasteiger partial charge on any atom is 0.306 e. The molecule has 0 fully saturated rings. The monoisotopic (exact) mass is 1070 g/mol. The molecule has 0 aliphatic rings. The number of ether oxygens (including phenoxy) is 3. The maximum absolute atomic E-state index is 12.9. The molecule has 0 spiro atoms. The molecule has 0 bridgehead atoms. The lowest BCUT2D eigenvalue weighted by Gasteiger charge is -2.18. The molecule has 0 aliphatic heterocycles. The van der Waals surface area contributed by atoms with Crippen molar-refractivity contribution in [2.45, 2.75) is 322 Å². The van der Waals surface area contributed by atoms with E-state index in [0.29, 0.717) is 12.8 Å². The first-order chi connectivity index (χ1) is 38.0. The fraction of sp³-hybridized carbons (Fsp3) is 0.732. The van der Waals surface area contributed by atoms with Crippen molar-refractivity contribution in [3.63, 3.8) is 0 Å². The van der Waals surface area contributed by atoms with E-state index in [-0.39, 0.29) is 37.5 Å². The Bertz CT molecular complexity index is 1510. The summed E-state index contributed by atoms with van der Waals surface area (Å²) in [6.07, 6.45) is 87.1. The van der Waals surface area contributed by atoms with Crippen molar-refractivity contribution >= 4 is 17.9 Å². The number of allylic oxidation sites excluding steroid dienone is 16. The Hall–Kier alpha value is -3.67. The standard InChI is InChI=1S/C71H122O6/c1-4-7-10-13-16-19-22-25-27-29-31-32-33-34-35-36-37-38-40-41-43-46-49-52-55-58-61-64-70(73)76-67-68(66-75-69(72)63-60-57-54-51-48-45-24-21-18-15-12-9-6-3)77-71(74)65-62-59-56-53-50-47-44-42-39-30-28-26-23-20-17-14-11-8-5-2/h8,11,17,20-22,24-26,28-29,31,39,42,47,50,68H,4-7,9-10,12-16,18-19,23,27,30,32-38,40-41,43-46,48-49,51-67H2,1-3H3/b11-8-,20-17-,24-21-,25-22-,28-26-,31-29-,42-39-,50-47-. The lowest BCUT2D eigenvalue weighted by Crippen LogP contribution is -2.30. The molecule has 1 unspecified atom stereocenters. The zero-order chi connectivity index (χ0) is 55.7. The Kier molecular flexibility index (Phi) is 61.8. The van der Waals surface area contributed by atoms with Gasteiger partial charge in [0, 0.05) is 19.3 Å². The van der Waals surface area contributed by atoms with Gasteiger partial charge in [-0.2, -0.15) is 0 Å². The highest BCUT2D eigenvalue weighted by Crippen LogP contribution is 2.16. The third kappa shape index (κ3) is 63.0. The van der Waals surface area contributed by atoms with Crippen LogP contribution in [0.4, 0.5) is 0 Å². The summed E-state index contributed by atoms with van der Waals surface area (Å²) in [5.41, 5.74) is 0. The van der Waals surface area contributed by atoms with Crippen LogP contribution >= 0.6 is 0 Å². The fourth-order valence-electron chi connectivity index (χ4n) is 9.14. The van der Waals surface area contributed by atoms with Crippen molar-refractivity contribution in [1.29, 1.82) is 0 Å². The number of esters is 3. The minimum atomic E-state index is -0.800. The van der Waals surface area contributed by atoms with Crippen LogP contribution in [-0.4, -0.2) is 37.2 Å². The van der Waals surface area contributed by atoms with Gasteiger partial charge >= 0.3 is 17.9 Å². The van der Waals surface area contributed by atoms with Gasteiger partial charge in [0.15, 0.2) is 6.10 Å². The molecule has 0 N–H and O–H groups in total. The SMILES string of the molecule is CC/C=C\C/C=C\C/C=C\C/C=C\C/C=C\CCCCCC(=O)OC(COC(=O)CCCCCCC/C=C\CCCCCC)COC(=O)CCCCCCCCCCCCCCCCC/C=C\C/C=C\CCCCCCC. The predicted molar refractivity (Wildman–Crippen MR) is 334 cm³/mol. The number of carbonyl (C=O) groups excluding carboxylic acids is 3. The fourth-order valence-corrected chi connectivity index (χ4v) is 9.14. The van der Waals surface area contributed by atoms with Crippen molar-refractivity contribution in [1.82, 2.24) is 0 Å². The third-order valence-corrected chi connectivity index (χ3v) is 14.0. The molecule has 0 heterocycles. The van der Waals surface area contributed by atoms with Crippen molar-refractivity contribution in [3.05, 3.63) is 97.2 Å². The summed E-state index contributed by atoms with van der Waals surface area (Å²) in [6.45, 7) is 6.49. The summed E-state index contributed by atoms with van der Waals surface area (Å²) in [6, 6.07) is 0. The molecule has 0 amide bonds. The summed E-state index contributed by atoms with van der Waals surface area (Å²) < 4.78 is 16.9. The van der Waals surface area contributed by atoms with Gasteiger partial charge < -0.3 is 14.2 Å². The van der Waals surface area contributed by atoms with Gasteiger partial charge in [-0.05, 0) is 122 Å². The first-order valence-electron chi connectivity index (χ1n) is 32.7. The molecule has 442 valence electrons. The number of hydrogen-bond donors (Lipinski definition) is 0. The molecule has 77 heavy (non-hydrogen) atoms. The van der Waals surface area contributed by atoms with Crippen LogP contribution in [0, 0.1) is 0 Å². The quantitative estimate of drug-likeness (QED) is 0.0261. The normalized spacial score (nSPS) is 12.7. The highest BCUT2D eigenvalue weighted by molar-refractivity contribution is 5.71. The summed E-state index contributed by atoms with van der Waals surface area (Å²) in [5, 5.41) is 0. The first-order valence-corrected chi connectivity index (χ1v) is 32.7. The van der Waals surface area contributed by atoms with E-state index >= 15 is 0 Å². The van der Waals surface area contributed by atoms with E-state index in [2.05, 4.69) is 118 Å². The second-order valence-corrected chi connectivity index (χ2v) is 21.6. The lowest BCUT2D eigenvalue weighted by molar-refractivity contribution is -0.167. The molecule has 0 aromatic rings. The zero-order valence-electron chi connectivity index (χ0n) is 50.7. The molecule has 1 atom stereocenters. The summed E-state index contributed by atoms with van der Waals surface area (Å²) in [7, 11) is 0. The summed E-state index contributed by atoms with van der Waals surface area (Å²) >= 11 is 0. The van der Waals surface area contributed by atoms with Crippen LogP contribution in [0.15, 0.2) is 97.2 Å². The van der Waals surface area contributed by atoms with Gasteiger partial charge in [-0.3, -0.25) is 14.4 Å². The van der Waals surface area contributed by atoms with Crippen LogP contribution in [0.2, 0.25) is 0 Å². The Balaban J connectivity index is 4.32. The second kappa shape index (κ2) is 64.9. The van der Waals surface area contributed by atoms with E-state index < -0.39 is 6.10 Å². The molecule has 6 nitrogen and oxygen atoms in total. The molecule has 0 aliphatic carbocycles. The lowest BCUT2D eigenvalue weighted by atomic mass is 10.0. The highest BCUT2D eigenvalue weighted by Gasteiger charge is 2.19. The smallest absolute Gasteiger partial charge is 0.306 e. The van der Waals surface area contributed by atoms with Crippen molar-refractivity contribution in [3.8, 4) is 0 Å². The molecule has 0 aromatic carbocycles. The first kappa shape index (κ1) is 73.3. The topological polar surface area (TPSA) is 78.9 Å². The van der Waals surface area contributed by atoms with E-state index in [1.807, 2.05) is 0 Å². The zero-order valence-corrected chi connectivity index (χ0v) is 50.7.